The molecule has 2 fully saturated rings. The molecule has 1 saturated heterocycles. The third-order valence-electron chi connectivity index (χ3n) is 7.74. The minimum absolute atomic E-state index is 0.0406. The zero-order valence-corrected chi connectivity index (χ0v) is 21.2. The number of sulfonamides is 1. The number of benzene rings is 2. The second kappa shape index (κ2) is 9.39. The fourth-order valence-electron chi connectivity index (χ4n) is 5.34. The zero-order chi connectivity index (χ0) is 24.7. The molecule has 1 N–H and O–H groups in total. The Kier molecular flexibility index (Phi) is 6.44. The first-order valence-corrected chi connectivity index (χ1v) is 14.0. The predicted octanol–water partition coefficient (Wildman–Crippen LogP) is 4.11. The molecule has 1 aliphatic carbocycles. The lowest BCUT2D eigenvalue weighted by Crippen LogP contribution is -2.42. The number of nitrogens with zero attached hydrogens (tertiary/aromatic N) is 2. The number of piperidine rings is 1. The van der Waals surface area contributed by atoms with Gasteiger partial charge in [-0.2, -0.15) is 4.31 Å². The monoisotopic (exact) mass is 495 g/mol. The first-order chi connectivity index (χ1) is 16.7. The van der Waals surface area contributed by atoms with Crippen molar-refractivity contribution in [3.05, 3.63) is 53.6 Å². The molecule has 7 nitrogen and oxygen atoms in total. The molecule has 2 aromatic rings. The van der Waals surface area contributed by atoms with E-state index in [1.165, 1.54) is 4.31 Å². The van der Waals surface area contributed by atoms with E-state index in [2.05, 4.69) is 5.32 Å². The van der Waals surface area contributed by atoms with E-state index in [0.29, 0.717) is 32.4 Å². The number of aryl methyl sites for hydroxylation is 1. The van der Waals surface area contributed by atoms with E-state index in [0.717, 1.165) is 41.8 Å². The Balaban J connectivity index is 1.24. The topological polar surface area (TPSA) is 86.8 Å². The summed E-state index contributed by atoms with van der Waals surface area (Å²) in [6.07, 6.45) is 4.64. The van der Waals surface area contributed by atoms with E-state index in [1.54, 1.807) is 18.2 Å². The molecular weight excluding hydrogens is 462 g/mol. The highest BCUT2D eigenvalue weighted by atomic mass is 32.2. The number of carbonyl (C=O) groups excluding carboxylic acids is 2. The molecule has 2 amide bonds. The van der Waals surface area contributed by atoms with Crippen molar-refractivity contribution in [1.82, 2.24) is 4.31 Å². The Morgan fingerprint density at radius 2 is 1.63 bits per heavy atom. The zero-order valence-electron chi connectivity index (χ0n) is 20.4. The second-order valence-electron chi connectivity index (χ2n) is 10.2. The fourth-order valence-corrected chi connectivity index (χ4v) is 6.87. The van der Waals surface area contributed by atoms with Crippen molar-refractivity contribution >= 4 is 33.2 Å². The van der Waals surface area contributed by atoms with E-state index in [-0.39, 0.29) is 34.6 Å². The van der Waals surface area contributed by atoms with Crippen LogP contribution in [-0.2, 0) is 26.0 Å². The molecule has 186 valence electrons. The lowest BCUT2D eigenvalue weighted by molar-refractivity contribution is -0.125. The largest absolute Gasteiger partial charge is 0.326 e. The summed E-state index contributed by atoms with van der Waals surface area (Å²) in [6, 6.07) is 12.9. The van der Waals surface area contributed by atoms with Crippen LogP contribution >= 0.6 is 0 Å². The van der Waals surface area contributed by atoms with Gasteiger partial charge in [-0.25, -0.2) is 8.42 Å². The molecule has 35 heavy (non-hydrogen) atoms. The highest BCUT2D eigenvalue weighted by molar-refractivity contribution is 7.89. The summed E-state index contributed by atoms with van der Waals surface area (Å²) < 4.78 is 28.3. The summed E-state index contributed by atoms with van der Waals surface area (Å²) in [5, 5.41) is 2.95. The van der Waals surface area contributed by atoms with Crippen molar-refractivity contribution in [2.75, 3.05) is 23.3 Å². The van der Waals surface area contributed by atoms with E-state index in [4.69, 9.17) is 0 Å². The molecule has 1 saturated carbocycles. The Labute approximate surface area is 207 Å². The molecule has 1 atom stereocenters. The van der Waals surface area contributed by atoms with Gasteiger partial charge in [0.25, 0.3) is 0 Å². The molecule has 0 unspecified atom stereocenters. The highest BCUT2D eigenvalue weighted by Gasteiger charge is 2.38. The number of rotatable bonds is 5. The quantitative estimate of drug-likeness (QED) is 0.676. The Morgan fingerprint density at radius 1 is 0.943 bits per heavy atom. The molecule has 0 aromatic heterocycles. The summed E-state index contributed by atoms with van der Waals surface area (Å²) in [5.74, 6) is 0.00347. The summed E-state index contributed by atoms with van der Waals surface area (Å²) in [4.78, 5) is 27.7. The van der Waals surface area contributed by atoms with Crippen molar-refractivity contribution < 1.29 is 18.0 Å². The Hall–Kier alpha value is -2.71. The van der Waals surface area contributed by atoms with Crippen LogP contribution in [0.1, 0.15) is 50.2 Å². The third-order valence-corrected chi connectivity index (χ3v) is 9.63. The van der Waals surface area contributed by atoms with Crippen molar-refractivity contribution in [3.63, 3.8) is 0 Å². The van der Waals surface area contributed by atoms with Crippen molar-refractivity contribution in [1.29, 1.82) is 0 Å². The summed E-state index contributed by atoms with van der Waals surface area (Å²) in [7, 11) is -3.66. The summed E-state index contributed by atoms with van der Waals surface area (Å²) in [5.41, 5.74) is 3.64. The van der Waals surface area contributed by atoms with Gasteiger partial charge < -0.3 is 10.2 Å². The lowest BCUT2D eigenvalue weighted by atomic mass is 9.84. The average molecular weight is 496 g/mol. The first-order valence-electron chi connectivity index (χ1n) is 12.6. The first kappa shape index (κ1) is 24.0. The van der Waals surface area contributed by atoms with Crippen LogP contribution < -0.4 is 10.2 Å². The van der Waals surface area contributed by atoms with E-state index >= 15 is 0 Å². The number of hydrogen-bond donors (Lipinski definition) is 1. The fraction of sp³-hybridized carbons (Fsp3) is 0.481. The Bertz CT molecular complexity index is 1230. The number of nitrogens with one attached hydrogen (secondary N) is 1. The average Bonchev–Trinajstić information content (AvgIpc) is 3.14. The number of fused-ring (bicyclic) bond motifs is 1. The van der Waals surface area contributed by atoms with Gasteiger partial charge in [0.2, 0.25) is 21.8 Å². The molecule has 0 bridgehead atoms. The maximum absolute atomic E-state index is 13.4. The van der Waals surface area contributed by atoms with Crippen molar-refractivity contribution in [2.45, 2.75) is 63.3 Å². The maximum atomic E-state index is 13.4. The normalized spacial score (nSPS) is 21.4. The van der Waals surface area contributed by atoms with E-state index in [1.807, 2.05) is 43.0 Å². The molecular formula is C27H33N3O4S. The molecule has 0 spiro atoms. The summed E-state index contributed by atoms with van der Waals surface area (Å²) in [6.45, 7) is 4.65. The van der Waals surface area contributed by atoms with Gasteiger partial charge in [-0.15, -0.1) is 0 Å². The molecule has 8 heteroatoms. The van der Waals surface area contributed by atoms with E-state index < -0.39 is 10.0 Å². The number of amides is 2. The van der Waals surface area contributed by atoms with Crippen LogP contribution in [0.15, 0.2) is 47.4 Å². The van der Waals surface area contributed by atoms with Crippen LogP contribution in [0.2, 0.25) is 0 Å². The minimum atomic E-state index is -3.66. The number of carbonyl (C=O) groups is 2. The molecule has 2 aromatic carbocycles. The number of hydrogen-bond acceptors (Lipinski definition) is 4. The Morgan fingerprint density at radius 3 is 2.26 bits per heavy atom. The third kappa shape index (κ3) is 4.61. The van der Waals surface area contributed by atoms with Crippen molar-refractivity contribution in [2.24, 2.45) is 11.8 Å². The van der Waals surface area contributed by atoms with Gasteiger partial charge >= 0.3 is 0 Å². The lowest BCUT2D eigenvalue weighted by Gasteiger charge is -2.32. The standard InChI is InChI=1S/C27H33N3O4S/c1-18-6-8-23(9-7-18)28-26(31)20-12-14-29(15-13-20)35(33,34)24-10-11-25-22(17-24)16-19(2)30(25)27(32)21-4-3-5-21/h6-11,17,19-21H,3-5,12-16H2,1-2H3,(H,28,31)/t19-/m0/s1. The second-order valence-corrected chi connectivity index (χ2v) is 12.2. The number of anilines is 2. The van der Waals surface area contributed by atoms with Gasteiger partial charge in [0, 0.05) is 42.3 Å². The smallest absolute Gasteiger partial charge is 0.243 e. The van der Waals surface area contributed by atoms with Crippen LogP contribution in [0.25, 0.3) is 0 Å². The van der Waals surface area contributed by atoms with Gasteiger partial charge in [0.05, 0.1) is 4.90 Å². The minimum Gasteiger partial charge on any atom is -0.326 e. The van der Waals surface area contributed by atoms with Crippen LogP contribution in [0.5, 0.6) is 0 Å². The predicted molar refractivity (Wildman–Crippen MR) is 136 cm³/mol. The van der Waals surface area contributed by atoms with Gasteiger partial charge in [-0.1, -0.05) is 24.1 Å². The van der Waals surface area contributed by atoms with Crippen LogP contribution in [0.4, 0.5) is 11.4 Å². The molecule has 3 aliphatic rings. The SMILES string of the molecule is Cc1ccc(NC(=O)C2CCN(S(=O)(=O)c3ccc4c(c3)C[C@H](C)N4C(=O)C3CCC3)CC2)cc1. The molecule has 5 rings (SSSR count). The van der Waals surface area contributed by atoms with Gasteiger partial charge in [-0.3, -0.25) is 9.59 Å². The molecule has 2 heterocycles. The van der Waals surface area contributed by atoms with Crippen LogP contribution in [0, 0.1) is 18.8 Å². The van der Waals surface area contributed by atoms with Gasteiger partial charge in [-0.05, 0) is 81.8 Å². The highest BCUT2D eigenvalue weighted by Crippen LogP contribution is 2.38. The van der Waals surface area contributed by atoms with Gasteiger partial charge in [0.1, 0.15) is 0 Å². The maximum Gasteiger partial charge on any atom is 0.243 e. The van der Waals surface area contributed by atoms with Crippen LogP contribution in [0.3, 0.4) is 0 Å². The molecule has 0 radical (unpaired) electrons. The molecule has 2 aliphatic heterocycles. The van der Waals surface area contributed by atoms with E-state index in [9.17, 15) is 18.0 Å². The summed E-state index contributed by atoms with van der Waals surface area (Å²) >= 11 is 0. The van der Waals surface area contributed by atoms with Crippen molar-refractivity contribution in [3.8, 4) is 0 Å². The van der Waals surface area contributed by atoms with Gasteiger partial charge in [0.15, 0.2) is 0 Å². The van der Waals surface area contributed by atoms with Crippen LogP contribution in [-0.4, -0.2) is 43.7 Å².